The number of carbonyl (C=O) groups excluding carboxylic acids is 1. The van der Waals surface area contributed by atoms with Crippen LogP contribution in [0.25, 0.3) is 0 Å². The van der Waals surface area contributed by atoms with Crippen molar-refractivity contribution in [3.63, 3.8) is 0 Å². The van der Waals surface area contributed by atoms with Crippen LogP contribution in [0, 0.1) is 28.6 Å². The Kier molecular flexibility index (Phi) is 4.50. The molecule has 28 heavy (non-hydrogen) atoms. The molecule has 4 aliphatic carbocycles. The van der Waals surface area contributed by atoms with Crippen molar-refractivity contribution >= 4 is 11.5 Å². The van der Waals surface area contributed by atoms with Gasteiger partial charge in [0.25, 0.3) is 0 Å². The number of hydrogen-bond donors (Lipinski definition) is 0. The van der Waals surface area contributed by atoms with Crippen LogP contribution in [0.3, 0.4) is 0 Å². The number of ketones is 1. The molecule has 0 amide bonds. The first-order chi connectivity index (χ1) is 13.4. The third-order valence-corrected chi connectivity index (χ3v) is 9.35. The summed E-state index contributed by atoms with van der Waals surface area (Å²) in [5.74, 6) is 2.68. The van der Waals surface area contributed by atoms with E-state index < -0.39 is 0 Å². The number of hydrogen-bond acceptors (Lipinski definition) is 4. The predicted molar refractivity (Wildman–Crippen MR) is 111 cm³/mol. The maximum atomic E-state index is 12.6. The lowest BCUT2D eigenvalue weighted by Gasteiger charge is -2.57. The third-order valence-electron chi connectivity index (χ3n) is 9.35. The van der Waals surface area contributed by atoms with E-state index in [0.29, 0.717) is 17.1 Å². The van der Waals surface area contributed by atoms with Crippen LogP contribution in [0.1, 0.15) is 71.6 Å². The number of oxime groups is 1. The molecule has 1 aliphatic heterocycles. The van der Waals surface area contributed by atoms with E-state index in [0.717, 1.165) is 62.7 Å². The fourth-order valence-corrected chi connectivity index (χ4v) is 7.54. The summed E-state index contributed by atoms with van der Waals surface area (Å²) >= 11 is 0. The molecule has 3 saturated carbocycles. The van der Waals surface area contributed by atoms with Crippen LogP contribution in [-0.2, 0) is 9.63 Å². The van der Waals surface area contributed by atoms with E-state index >= 15 is 0 Å². The highest BCUT2D eigenvalue weighted by atomic mass is 16.6. The molecule has 0 aromatic rings. The highest BCUT2D eigenvalue weighted by molar-refractivity contribution is 5.96. The molecular formula is C24H36N2O2. The average Bonchev–Trinajstić information content (AvgIpc) is 3.23. The Balaban J connectivity index is 1.34. The first kappa shape index (κ1) is 18.8. The van der Waals surface area contributed by atoms with Gasteiger partial charge in [0.2, 0.25) is 0 Å². The second-order valence-electron chi connectivity index (χ2n) is 10.8. The van der Waals surface area contributed by atoms with Gasteiger partial charge in [0.05, 0.1) is 5.71 Å². The standard InChI is InChI=1S/C24H36N2O2/c1-23-11-8-17(25-28-18-10-13-26(3)15-18)14-16(23)4-5-19-20-6-7-22(27)24(20,2)12-9-21(19)23/h14,18-21H,4-13,15H2,1-3H3. The van der Waals surface area contributed by atoms with E-state index in [1.165, 1.54) is 25.7 Å². The molecule has 4 heteroatoms. The first-order valence-electron chi connectivity index (χ1n) is 11.6. The molecule has 0 bridgehead atoms. The lowest BCUT2D eigenvalue weighted by molar-refractivity contribution is -0.132. The highest BCUT2D eigenvalue weighted by Gasteiger charge is 2.58. The summed E-state index contributed by atoms with van der Waals surface area (Å²) in [6.07, 6.45) is 12.7. The SMILES string of the molecule is CN1CCC(ON=C2C=C3CCC4C5CCC(=O)C5(C)CCC4C3(C)CC2)C1. The minimum atomic E-state index is -0.0116. The fourth-order valence-electron chi connectivity index (χ4n) is 7.54. The summed E-state index contributed by atoms with van der Waals surface area (Å²) in [7, 11) is 2.15. The zero-order valence-electron chi connectivity index (χ0n) is 17.9. The summed E-state index contributed by atoms with van der Waals surface area (Å²) in [6, 6.07) is 0. The Labute approximate surface area is 169 Å². The van der Waals surface area contributed by atoms with E-state index in [1.807, 2.05) is 0 Å². The van der Waals surface area contributed by atoms with Crippen molar-refractivity contribution in [3.05, 3.63) is 11.6 Å². The van der Waals surface area contributed by atoms with Crippen molar-refractivity contribution in [1.29, 1.82) is 0 Å². The smallest absolute Gasteiger partial charge is 0.141 e. The third kappa shape index (κ3) is 2.81. The summed E-state index contributed by atoms with van der Waals surface area (Å²) in [5.41, 5.74) is 3.06. The summed E-state index contributed by atoms with van der Waals surface area (Å²) < 4.78 is 0. The lowest BCUT2D eigenvalue weighted by atomic mass is 9.47. The molecule has 6 unspecified atom stereocenters. The molecule has 5 rings (SSSR count). The van der Waals surface area contributed by atoms with Crippen LogP contribution in [0.15, 0.2) is 16.8 Å². The second-order valence-corrected chi connectivity index (χ2v) is 10.8. The van der Waals surface area contributed by atoms with E-state index in [1.54, 1.807) is 5.57 Å². The van der Waals surface area contributed by atoms with Gasteiger partial charge in [-0.1, -0.05) is 24.6 Å². The Bertz CT molecular complexity index is 728. The maximum Gasteiger partial charge on any atom is 0.141 e. The normalized spacial score (nSPS) is 47.5. The van der Waals surface area contributed by atoms with Crippen molar-refractivity contribution in [2.75, 3.05) is 20.1 Å². The molecule has 1 heterocycles. The maximum absolute atomic E-state index is 12.6. The number of rotatable bonds is 2. The Hall–Kier alpha value is -1.16. The van der Waals surface area contributed by atoms with E-state index in [2.05, 4.69) is 37.0 Å². The molecule has 0 N–H and O–H groups in total. The van der Waals surface area contributed by atoms with Gasteiger partial charge < -0.3 is 9.74 Å². The number of nitrogens with zero attached hydrogens (tertiary/aromatic N) is 2. The Morgan fingerprint density at radius 3 is 2.64 bits per heavy atom. The summed E-state index contributed by atoms with van der Waals surface area (Å²) in [4.78, 5) is 20.8. The highest BCUT2D eigenvalue weighted by Crippen LogP contribution is 2.64. The van der Waals surface area contributed by atoms with E-state index in [-0.39, 0.29) is 11.5 Å². The molecule has 4 fully saturated rings. The fraction of sp³-hybridized carbons (Fsp3) is 0.833. The predicted octanol–water partition coefficient (Wildman–Crippen LogP) is 4.60. The van der Waals surface area contributed by atoms with Gasteiger partial charge in [-0.25, -0.2) is 0 Å². The van der Waals surface area contributed by atoms with Crippen molar-refractivity contribution in [2.24, 2.45) is 33.7 Å². The number of carbonyl (C=O) groups is 1. The van der Waals surface area contributed by atoms with Gasteiger partial charge >= 0.3 is 0 Å². The van der Waals surface area contributed by atoms with Crippen molar-refractivity contribution in [1.82, 2.24) is 4.90 Å². The number of Topliss-reactive ketones (excluding diaryl/α,β-unsaturated/α-hetero) is 1. The molecular weight excluding hydrogens is 348 g/mol. The molecule has 0 radical (unpaired) electrons. The minimum Gasteiger partial charge on any atom is -0.391 e. The van der Waals surface area contributed by atoms with Gasteiger partial charge in [-0.15, -0.1) is 0 Å². The lowest BCUT2D eigenvalue weighted by Crippen LogP contribution is -2.50. The minimum absolute atomic E-state index is 0.0116. The Morgan fingerprint density at radius 2 is 1.86 bits per heavy atom. The van der Waals surface area contributed by atoms with Crippen molar-refractivity contribution in [3.8, 4) is 0 Å². The van der Waals surface area contributed by atoms with Crippen molar-refractivity contribution in [2.45, 2.75) is 77.7 Å². The van der Waals surface area contributed by atoms with Crippen LogP contribution in [0.4, 0.5) is 0 Å². The molecule has 0 aromatic carbocycles. The quantitative estimate of drug-likeness (QED) is 0.654. The average molecular weight is 385 g/mol. The molecule has 154 valence electrons. The van der Waals surface area contributed by atoms with Crippen LogP contribution in [-0.4, -0.2) is 42.6 Å². The van der Waals surface area contributed by atoms with Gasteiger partial charge in [0.15, 0.2) is 0 Å². The van der Waals surface area contributed by atoms with Crippen molar-refractivity contribution < 1.29 is 9.63 Å². The molecule has 1 saturated heterocycles. The van der Waals surface area contributed by atoms with Gasteiger partial charge in [0, 0.05) is 31.3 Å². The van der Waals surface area contributed by atoms with Gasteiger partial charge in [0.1, 0.15) is 11.9 Å². The van der Waals surface area contributed by atoms with E-state index in [4.69, 9.17) is 4.84 Å². The topological polar surface area (TPSA) is 41.9 Å². The molecule has 4 nitrogen and oxygen atoms in total. The number of fused-ring (bicyclic) bond motifs is 5. The van der Waals surface area contributed by atoms with Crippen LogP contribution >= 0.6 is 0 Å². The summed E-state index contributed by atoms with van der Waals surface area (Å²) in [6.45, 7) is 6.90. The van der Waals surface area contributed by atoms with E-state index in [9.17, 15) is 4.79 Å². The van der Waals surface area contributed by atoms with Gasteiger partial charge in [-0.05, 0) is 81.2 Å². The monoisotopic (exact) mass is 384 g/mol. The van der Waals surface area contributed by atoms with Crippen LogP contribution < -0.4 is 0 Å². The summed E-state index contributed by atoms with van der Waals surface area (Å²) in [5, 5.41) is 4.57. The molecule has 6 atom stereocenters. The Morgan fingerprint density at radius 1 is 1.04 bits per heavy atom. The molecule has 0 aromatic heterocycles. The number of likely N-dealkylation sites (tertiary alicyclic amines) is 1. The van der Waals surface area contributed by atoms with Gasteiger partial charge in [-0.3, -0.25) is 4.79 Å². The zero-order valence-corrected chi connectivity index (χ0v) is 17.9. The second kappa shape index (κ2) is 6.68. The molecule has 5 aliphatic rings. The number of allylic oxidation sites excluding steroid dienone is 2. The van der Waals surface area contributed by atoms with Crippen LogP contribution in [0.2, 0.25) is 0 Å². The largest absolute Gasteiger partial charge is 0.391 e. The molecule has 0 spiro atoms. The zero-order chi connectivity index (χ0) is 19.5. The number of likely N-dealkylation sites (N-methyl/N-ethyl adjacent to an activating group) is 1. The first-order valence-corrected chi connectivity index (χ1v) is 11.6. The van der Waals surface area contributed by atoms with Crippen LogP contribution in [0.5, 0.6) is 0 Å². The van der Waals surface area contributed by atoms with Gasteiger partial charge in [-0.2, -0.15) is 0 Å².